The van der Waals surface area contributed by atoms with Crippen LogP contribution in [0.15, 0.2) is 44.4 Å². The molecule has 0 aromatic rings. The van der Waals surface area contributed by atoms with Gasteiger partial charge in [0, 0.05) is 5.56 Å². The molecule has 1 aliphatic heterocycles. The van der Waals surface area contributed by atoms with Gasteiger partial charge in [-0.25, -0.2) is 4.79 Å². The van der Waals surface area contributed by atoms with Gasteiger partial charge in [-0.15, -0.1) is 11.8 Å². The molecule has 0 bridgehead atoms. The Hall–Kier alpha value is -1.22. The summed E-state index contributed by atoms with van der Waals surface area (Å²) in [6.07, 6.45) is 1.87. The molecule has 0 amide bonds. The van der Waals surface area contributed by atoms with Crippen molar-refractivity contribution >= 4 is 11.8 Å². The minimum absolute atomic E-state index is 0.242. The lowest BCUT2D eigenvalue weighted by molar-refractivity contribution is 0.537. The van der Waals surface area contributed by atoms with E-state index in [1.165, 1.54) is 11.8 Å². The molecule has 13 heavy (non-hydrogen) atoms. The molecule has 3 heteroatoms. The molecule has 1 heterocycles. The first kappa shape index (κ1) is 8.38. The van der Waals surface area contributed by atoms with E-state index in [1.54, 1.807) is 6.07 Å². The van der Waals surface area contributed by atoms with Crippen LogP contribution in [0.3, 0.4) is 0 Å². The molecule has 66 valence electrons. The summed E-state index contributed by atoms with van der Waals surface area (Å²) in [4.78, 5) is 12.0. The third-order valence-electron chi connectivity index (χ3n) is 1.83. The average Bonchev–Trinajstić information content (AvgIpc) is 2.32. The van der Waals surface area contributed by atoms with Crippen LogP contribution in [0.2, 0.25) is 0 Å². The van der Waals surface area contributed by atoms with Gasteiger partial charge >= 0.3 is 5.63 Å². The summed E-state index contributed by atoms with van der Waals surface area (Å²) in [5, 5.41) is 0. The van der Waals surface area contributed by atoms with Gasteiger partial charge in [0.1, 0.15) is 10.7 Å². The second-order valence-corrected chi connectivity index (χ2v) is 3.43. The predicted molar refractivity (Wildman–Crippen MR) is 53.4 cm³/mol. The SMILES string of the molecule is CSc1c2cccccc-2oc1=O. The highest BCUT2D eigenvalue weighted by Gasteiger charge is 2.14. The summed E-state index contributed by atoms with van der Waals surface area (Å²) >= 11 is 1.42. The Labute approximate surface area is 79.9 Å². The molecule has 0 radical (unpaired) electrons. The van der Waals surface area contributed by atoms with E-state index in [9.17, 15) is 4.79 Å². The molecule has 0 atom stereocenters. The maximum absolute atomic E-state index is 11.3. The van der Waals surface area contributed by atoms with Crippen LogP contribution in [0.25, 0.3) is 11.3 Å². The molecular weight excluding hydrogens is 184 g/mol. The van der Waals surface area contributed by atoms with E-state index in [-0.39, 0.29) is 5.63 Å². The summed E-state index contributed by atoms with van der Waals surface area (Å²) in [6, 6.07) is 9.36. The summed E-state index contributed by atoms with van der Waals surface area (Å²) in [5.74, 6) is 0.652. The van der Waals surface area contributed by atoms with Gasteiger partial charge in [0.05, 0.1) is 0 Å². The van der Waals surface area contributed by atoms with Crippen molar-refractivity contribution in [1.82, 2.24) is 0 Å². The molecule has 0 saturated heterocycles. The quantitative estimate of drug-likeness (QED) is 0.650. The van der Waals surface area contributed by atoms with Crippen molar-refractivity contribution in [2.45, 2.75) is 4.90 Å². The number of thioether (sulfide) groups is 1. The predicted octanol–water partition coefficient (Wildman–Crippen LogP) is 2.47. The highest BCUT2D eigenvalue weighted by atomic mass is 32.2. The third-order valence-corrected chi connectivity index (χ3v) is 2.63. The summed E-state index contributed by atoms with van der Waals surface area (Å²) in [7, 11) is 0. The molecule has 0 aromatic heterocycles. The second-order valence-electron chi connectivity index (χ2n) is 2.61. The first-order valence-corrected chi connectivity index (χ1v) is 5.11. The Morgan fingerprint density at radius 2 is 2.00 bits per heavy atom. The molecule has 0 N–H and O–H groups in total. The number of furan rings is 1. The summed E-state index contributed by atoms with van der Waals surface area (Å²) in [5.41, 5.74) is 0.649. The Bertz CT molecular complexity index is 447. The van der Waals surface area contributed by atoms with E-state index < -0.39 is 0 Å². The van der Waals surface area contributed by atoms with Gasteiger partial charge in [0.15, 0.2) is 0 Å². The van der Waals surface area contributed by atoms with Gasteiger partial charge in [0.25, 0.3) is 0 Å². The largest absolute Gasteiger partial charge is 0.422 e. The van der Waals surface area contributed by atoms with Crippen LogP contribution in [0.4, 0.5) is 0 Å². The molecule has 1 aliphatic carbocycles. The fourth-order valence-electron chi connectivity index (χ4n) is 1.26. The molecule has 0 saturated carbocycles. The molecule has 0 spiro atoms. The van der Waals surface area contributed by atoms with Gasteiger partial charge in [-0.2, -0.15) is 0 Å². The van der Waals surface area contributed by atoms with Crippen molar-refractivity contribution in [2.75, 3.05) is 6.26 Å². The standard InChI is InChI=1S/C10H8O2S/c1-13-9-7-5-3-2-4-6-8(7)12-10(9)11/h2-6H,1H3. The first-order chi connectivity index (χ1) is 6.33. The number of hydrogen-bond donors (Lipinski definition) is 0. The molecular formula is C10H8O2S. The van der Waals surface area contributed by atoms with Crippen molar-refractivity contribution in [3.05, 3.63) is 40.8 Å². The van der Waals surface area contributed by atoms with Crippen molar-refractivity contribution in [3.8, 4) is 11.3 Å². The molecule has 0 fully saturated rings. The van der Waals surface area contributed by atoms with Crippen LogP contribution in [0.5, 0.6) is 0 Å². The van der Waals surface area contributed by atoms with Crippen LogP contribution < -0.4 is 5.63 Å². The molecule has 2 aliphatic rings. The monoisotopic (exact) mass is 192 g/mol. The van der Waals surface area contributed by atoms with E-state index in [0.29, 0.717) is 10.7 Å². The molecule has 2 rings (SSSR count). The van der Waals surface area contributed by atoms with Gasteiger partial charge in [-0.1, -0.05) is 18.2 Å². The van der Waals surface area contributed by atoms with Crippen LogP contribution in [0, 0.1) is 0 Å². The van der Waals surface area contributed by atoms with Crippen molar-refractivity contribution in [2.24, 2.45) is 0 Å². The van der Waals surface area contributed by atoms with Gasteiger partial charge < -0.3 is 4.42 Å². The minimum atomic E-state index is -0.242. The average molecular weight is 192 g/mol. The van der Waals surface area contributed by atoms with Gasteiger partial charge in [-0.05, 0) is 18.4 Å². The molecule has 2 nitrogen and oxygen atoms in total. The topological polar surface area (TPSA) is 30.2 Å². The lowest BCUT2D eigenvalue weighted by atomic mass is 10.2. The maximum atomic E-state index is 11.3. The van der Waals surface area contributed by atoms with Gasteiger partial charge in [0.2, 0.25) is 0 Å². The minimum Gasteiger partial charge on any atom is -0.422 e. The lowest BCUT2D eigenvalue weighted by Gasteiger charge is -1.89. The fraction of sp³-hybridized carbons (Fsp3) is 0.100. The van der Waals surface area contributed by atoms with Crippen LogP contribution in [-0.2, 0) is 0 Å². The Morgan fingerprint density at radius 3 is 2.77 bits per heavy atom. The lowest BCUT2D eigenvalue weighted by Crippen LogP contribution is -1.92. The highest BCUT2D eigenvalue weighted by Crippen LogP contribution is 2.28. The number of rotatable bonds is 1. The Balaban J connectivity index is 2.79. The van der Waals surface area contributed by atoms with Crippen molar-refractivity contribution in [1.29, 1.82) is 0 Å². The van der Waals surface area contributed by atoms with Crippen LogP contribution >= 0.6 is 11.8 Å². The Morgan fingerprint density at radius 1 is 1.23 bits per heavy atom. The zero-order chi connectivity index (χ0) is 9.26. The third kappa shape index (κ3) is 1.35. The maximum Gasteiger partial charge on any atom is 0.350 e. The highest BCUT2D eigenvalue weighted by molar-refractivity contribution is 7.98. The molecule has 0 aromatic carbocycles. The van der Waals surface area contributed by atoms with E-state index in [0.717, 1.165) is 5.56 Å². The smallest absolute Gasteiger partial charge is 0.350 e. The van der Waals surface area contributed by atoms with E-state index in [2.05, 4.69) is 0 Å². The zero-order valence-corrected chi connectivity index (χ0v) is 7.93. The summed E-state index contributed by atoms with van der Waals surface area (Å²) < 4.78 is 5.07. The number of fused-ring (bicyclic) bond motifs is 1. The van der Waals surface area contributed by atoms with Crippen LogP contribution in [-0.4, -0.2) is 6.26 Å². The van der Waals surface area contributed by atoms with Crippen LogP contribution in [0.1, 0.15) is 0 Å². The van der Waals surface area contributed by atoms with E-state index in [1.807, 2.05) is 30.5 Å². The van der Waals surface area contributed by atoms with Gasteiger partial charge in [-0.3, -0.25) is 0 Å². The first-order valence-electron chi connectivity index (χ1n) is 3.89. The van der Waals surface area contributed by atoms with Crippen molar-refractivity contribution < 1.29 is 4.42 Å². The van der Waals surface area contributed by atoms with Crippen molar-refractivity contribution in [3.63, 3.8) is 0 Å². The zero-order valence-electron chi connectivity index (χ0n) is 7.11. The normalized spacial score (nSPS) is 10.5. The second kappa shape index (κ2) is 3.26. The van der Waals surface area contributed by atoms with E-state index in [4.69, 9.17) is 4.42 Å². The Kier molecular flexibility index (Phi) is 2.10. The number of hydrogen-bond acceptors (Lipinski definition) is 3. The van der Waals surface area contributed by atoms with E-state index >= 15 is 0 Å². The molecule has 0 unspecified atom stereocenters. The summed E-state index contributed by atoms with van der Waals surface area (Å²) in [6.45, 7) is 0. The fourth-order valence-corrected chi connectivity index (χ4v) is 1.85.